The maximum Gasteiger partial charge on any atom is 0.338 e. The Morgan fingerprint density at radius 3 is 2.43 bits per heavy atom. The zero-order valence-electron chi connectivity index (χ0n) is 12.0. The van der Waals surface area contributed by atoms with Crippen LogP contribution >= 0.6 is 0 Å². The molecule has 0 N–H and O–H groups in total. The molecule has 0 fully saturated rings. The maximum absolute atomic E-state index is 11.7. The molecule has 0 spiro atoms. The van der Waals surface area contributed by atoms with Crippen LogP contribution in [0.4, 0.5) is 0 Å². The number of hydrogen-bond donors (Lipinski definition) is 0. The quantitative estimate of drug-likeness (QED) is 0.490. The molecule has 108 valence electrons. The summed E-state index contributed by atoms with van der Waals surface area (Å²) < 4.78 is 10.1. The van der Waals surface area contributed by atoms with E-state index >= 15 is 0 Å². The maximum atomic E-state index is 11.7. The molecular weight excluding hydrogens is 268 g/mol. The lowest BCUT2D eigenvalue weighted by Crippen LogP contribution is -2.08. The van der Waals surface area contributed by atoms with E-state index in [9.17, 15) is 9.59 Å². The van der Waals surface area contributed by atoms with E-state index in [4.69, 9.17) is 9.47 Å². The summed E-state index contributed by atoms with van der Waals surface area (Å²) in [5.74, 6) is -0.367. The Bertz CT molecular complexity index is 716. The van der Waals surface area contributed by atoms with E-state index in [1.165, 1.54) is 0 Å². The summed E-state index contributed by atoms with van der Waals surface area (Å²) in [6, 6.07) is 10.4. The molecule has 0 saturated heterocycles. The van der Waals surface area contributed by atoms with Gasteiger partial charge in [-0.1, -0.05) is 18.7 Å². The van der Waals surface area contributed by atoms with Crippen molar-refractivity contribution in [1.29, 1.82) is 0 Å². The lowest BCUT2D eigenvalue weighted by Gasteiger charge is -2.07. The Morgan fingerprint density at radius 1 is 1.10 bits per heavy atom. The average molecular weight is 284 g/mol. The minimum absolute atomic E-state index is 0.340. The SMILES string of the molecule is C=C(C)C(=O)Oc1ccc2cc(C(=O)OCC)ccc2c1. The van der Waals surface area contributed by atoms with E-state index in [0.717, 1.165) is 10.8 Å². The van der Waals surface area contributed by atoms with Crippen molar-refractivity contribution >= 4 is 22.7 Å². The number of carbonyl (C=O) groups excluding carboxylic acids is 2. The minimum Gasteiger partial charge on any atom is -0.462 e. The van der Waals surface area contributed by atoms with Crippen molar-refractivity contribution in [3.8, 4) is 5.75 Å². The van der Waals surface area contributed by atoms with Crippen LogP contribution in [0.25, 0.3) is 10.8 Å². The van der Waals surface area contributed by atoms with Gasteiger partial charge in [0.05, 0.1) is 12.2 Å². The molecule has 0 unspecified atom stereocenters. The van der Waals surface area contributed by atoms with Gasteiger partial charge in [-0.15, -0.1) is 0 Å². The van der Waals surface area contributed by atoms with Crippen LogP contribution in [0.2, 0.25) is 0 Å². The number of benzene rings is 2. The van der Waals surface area contributed by atoms with Gasteiger partial charge >= 0.3 is 11.9 Å². The second-order valence-corrected chi connectivity index (χ2v) is 4.61. The van der Waals surface area contributed by atoms with Crippen LogP contribution in [0.3, 0.4) is 0 Å². The molecule has 2 rings (SSSR count). The van der Waals surface area contributed by atoms with Crippen molar-refractivity contribution in [3.63, 3.8) is 0 Å². The largest absolute Gasteiger partial charge is 0.462 e. The fourth-order valence-electron chi connectivity index (χ4n) is 1.82. The fraction of sp³-hybridized carbons (Fsp3) is 0.176. The van der Waals surface area contributed by atoms with Crippen molar-refractivity contribution < 1.29 is 19.1 Å². The monoisotopic (exact) mass is 284 g/mol. The molecule has 0 saturated carbocycles. The second kappa shape index (κ2) is 6.22. The topological polar surface area (TPSA) is 52.6 Å². The summed E-state index contributed by atoms with van der Waals surface area (Å²) in [6.45, 7) is 7.23. The molecule has 0 aliphatic rings. The molecule has 0 radical (unpaired) electrons. The summed E-state index contributed by atoms with van der Waals surface area (Å²) in [7, 11) is 0. The molecule has 2 aromatic rings. The summed E-state index contributed by atoms with van der Waals surface area (Å²) >= 11 is 0. The molecular formula is C17H16O4. The molecule has 0 heterocycles. The highest BCUT2D eigenvalue weighted by Gasteiger charge is 2.09. The summed E-state index contributed by atoms with van der Waals surface area (Å²) in [5.41, 5.74) is 0.837. The van der Waals surface area contributed by atoms with Gasteiger partial charge in [-0.05, 0) is 48.9 Å². The zero-order valence-corrected chi connectivity index (χ0v) is 12.0. The first-order valence-electron chi connectivity index (χ1n) is 6.60. The molecule has 0 aliphatic carbocycles. The van der Waals surface area contributed by atoms with Crippen LogP contribution in [0.1, 0.15) is 24.2 Å². The molecule has 4 heteroatoms. The van der Waals surface area contributed by atoms with Crippen LogP contribution in [-0.2, 0) is 9.53 Å². The van der Waals surface area contributed by atoms with Gasteiger partial charge in [0, 0.05) is 5.57 Å². The Kier molecular flexibility index (Phi) is 4.38. The Balaban J connectivity index is 2.29. The number of ether oxygens (including phenoxy) is 2. The third-order valence-electron chi connectivity index (χ3n) is 2.88. The van der Waals surface area contributed by atoms with E-state index in [1.54, 1.807) is 50.2 Å². The van der Waals surface area contributed by atoms with Crippen LogP contribution < -0.4 is 4.74 Å². The number of fused-ring (bicyclic) bond motifs is 1. The predicted octanol–water partition coefficient (Wildman–Crippen LogP) is 3.50. The normalized spacial score (nSPS) is 10.2. The number of esters is 2. The average Bonchev–Trinajstić information content (AvgIpc) is 2.46. The van der Waals surface area contributed by atoms with E-state index in [1.807, 2.05) is 0 Å². The van der Waals surface area contributed by atoms with Crippen molar-refractivity contribution in [2.75, 3.05) is 6.61 Å². The summed E-state index contributed by atoms with van der Waals surface area (Å²) in [4.78, 5) is 23.2. The highest BCUT2D eigenvalue weighted by atomic mass is 16.5. The van der Waals surface area contributed by atoms with Crippen molar-refractivity contribution in [2.24, 2.45) is 0 Å². The number of carbonyl (C=O) groups is 2. The van der Waals surface area contributed by atoms with Crippen LogP contribution in [0.15, 0.2) is 48.6 Å². The first-order valence-corrected chi connectivity index (χ1v) is 6.60. The molecule has 0 aliphatic heterocycles. The minimum atomic E-state index is -0.461. The predicted molar refractivity (Wildman–Crippen MR) is 80.4 cm³/mol. The van der Waals surface area contributed by atoms with Gasteiger partial charge in [-0.25, -0.2) is 9.59 Å². The fourth-order valence-corrected chi connectivity index (χ4v) is 1.82. The van der Waals surface area contributed by atoms with E-state index < -0.39 is 5.97 Å². The van der Waals surface area contributed by atoms with Gasteiger partial charge in [-0.3, -0.25) is 0 Å². The summed E-state index contributed by atoms with van der Waals surface area (Å²) in [5, 5.41) is 1.74. The smallest absolute Gasteiger partial charge is 0.338 e. The van der Waals surface area contributed by atoms with Crippen molar-refractivity contribution in [3.05, 3.63) is 54.1 Å². The summed E-state index contributed by atoms with van der Waals surface area (Å²) in [6.07, 6.45) is 0. The molecule has 0 bridgehead atoms. The lowest BCUT2D eigenvalue weighted by molar-refractivity contribution is -0.130. The van der Waals surface area contributed by atoms with Gasteiger partial charge in [0.2, 0.25) is 0 Å². The molecule has 4 nitrogen and oxygen atoms in total. The Hall–Kier alpha value is -2.62. The van der Waals surface area contributed by atoms with Crippen molar-refractivity contribution in [1.82, 2.24) is 0 Å². The number of rotatable bonds is 4. The van der Waals surface area contributed by atoms with Gasteiger partial charge in [0.15, 0.2) is 0 Å². The molecule has 0 amide bonds. The Morgan fingerprint density at radius 2 is 1.76 bits per heavy atom. The third kappa shape index (κ3) is 3.48. The van der Waals surface area contributed by atoms with Crippen LogP contribution in [0, 0.1) is 0 Å². The molecule has 21 heavy (non-hydrogen) atoms. The number of hydrogen-bond acceptors (Lipinski definition) is 4. The van der Waals surface area contributed by atoms with Gasteiger partial charge in [-0.2, -0.15) is 0 Å². The third-order valence-corrected chi connectivity index (χ3v) is 2.88. The second-order valence-electron chi connectivity index (χ2n) is 4.61. The first kappa shape index (κ1) is 14.8. The zero-order chi connectivity index (χ0) is 15.4. The highest BCUT2D eigenvalue weighted by Crippen LogP contribution is 2.23. The standard InChI is InChI=1S/C17H16O4/c1-4-20-17(19)14-6-5-13-10-15(8-7-12(13)9-14)21-16(18)11(2)3/h5-10H,2,4H2,1,3H3. The van der Waals surface area contributed by atoms with Gasteiger partial charge in [0.1, 0.15) is 5.75 Å². The highest BCUT2D eigenvalue weighted by molar-refractivity contribution is 5.96. The van der Waals surface area contributed by atoms with Gasteiger partial charge < -0.3 is 9.47 Å². The molecule has 0 atom stereocenters. The van der Waals surface area contributed by atoms with Gasteiger partial charge in [0.25, 0.3) is 0 Å². The van der Waals surface area contributed by atoms with Crippen molar-refractivity contribution in [2.45, 2.75) is 13.8 Å². The van der Waals surface area contributed by atoms with E-state index in [0.29, 0.717) is 23.5 Å². The van der Waals surface area contributed by atoms with E-state index in [-0.39, 0.29) is 5.97 Å². The molecule has 2 aromatic carbocycles. The van der Waals surface area contributed by atoms with Crippen LogP contribution in [-0.4, -0.2) is 18.5 Å². The van der Waals surface area contributed by atoms with E-state index in [2.05, 4.69) is 6.58 Å². The van der Waals surface area contributed by atoms with Crippen LogP contribution in [0.5, 0.6) is 5.75 Å². The Labute approximate surface area is 123 Å². The lowest BCUT2D eigenvalue weighted by atomic mass is 10.1. The molecule has 0 aromatic heterocycles. The first-order chi connectivity index (χ1) is 10.0.